The number of ether oxygens (including phenoxy) is 1. The van der Waals surface area contributed by atoms with Gasteiger partial charge in [-0.3, -0.25) is 0 Å². The fourth-order valence-electron chi connectivity index (χ4n) is 2.53. The summed E-state index contributed by atoms with van der Waals surface area (Å²) < 4.78 is 5.31. The van der Waals surface area contributed by atoms with E-state index < -0.39 is 0 Å². The molecule has 1 heterocycles. The van der Waals surface area contributed by atoms with Crippen molar-refractivity contribution in [2.24, 2.45) is 0 Å². The maximum atomic E-state index is 9.29. The Kier molecular flexibility index (Phi) is 3.26. The number of hydrogen-bond acceptors (Lipinski definition) is 4. The van der Waals surface area contributed by atoms with Crippen molar-refractivity contribution in [2.75, 3.05) is 12.4 Å². The second-order valence-corrected chi connectivity index (χ2v) is 4.78. The van der Waals surface area contributed by atoms with Gasteiger partial charge in [0, 0.05) is 5.69 Å². The lowest BCUT2D eigenvalue weighted by Crippen LogP contribution is -2.02. The van der Waals surface area contributed by atoms with Crippen LogP contribution in [0.4, 0.5) is 11.5 Å². The van der Waals surface area contributed by atoms with Crippen LogP contribution in [0.25, 0.3) is 0 Å². The first kappa shape index (κ1) is 12.5. The second kappa shape index (κ2) is 5.22. The lowest BCUT2D eigenvalue weighted by Gasteiger charge is -2.12. The molecule has 0 bridgehead atoms. The number of benzene rings is 1. The van der Waals surface area contributed by atoms with Gasteiger partial charge in [-0.25, -0.2) is 4.98 Å². The molecule has 1 aromatic carbocycles. The van der Waals surface area contributed by atoms with Crippen LogP contribution in [0.2, 0.25) is 0 Å². The summed E-state index contributed by atoms with van der Waals surface area (Å²) in [6.45, 7) is 0. The van der Waals surface area contributed by atoms with E-state index in [9.17, 15) is 5.26 Å². The average Bonchev–Trinajstić information content (AvgIpc) is 2.94. The Hall–Kier alpha value is -2.54. The van der Waals surface area contributed by atoms with Crippen molar-refractivity contribution in [3.8, 4) is 11.8 Å². The molecular formula is C16H15N3O. The van der Waals surface area contributed by atoms with E-state index in [0.717, 1.165) is 36.4 Å². The monoisotopic (exact) mass is 265 g/mol. The van der Waals surface area contributed by atoms with E-state index >= 15 is 0 Å². The van der Waals surface area contributed by atoms with Crippen LogP contribution in [0.15, 0.2) is 30.3 Å². The Morgan fingerprint density at radius 3 is 2.95 bits per heavy atom. The van der Waals surface area contributed by atoms with Crippen LogP contribution in [0.5, 0.6) is 5.75 Å². The van der Waals surface area contributed by atoms with Gasteiger partial charge in [-0.15, -0.1) is 0 Å². The van der Waals surface area contributed by atoms with Gasteiger partial charge in [0.05, 0.1) is 18.4 Å². The third-order valence-electron chi connectivity index (χ3n) is 3.53. The number of nitrogens with one attached hydrogen (secondary N) is 1. The van der Waals surface area contributed by atoms with Gasteiger partial charge in [-0.05, 0) is 43.0 Å². The highest BCUT2D eigenvalue weighted by atomic mass is 16.5. The molecule has 0 amide bonds. The summed E-state index contributed by atoms with van der Waals surface area (Å²) in [5.41, 5.74) is 3.70. The average molecular weight is 265 g/mol. The maximum Gasteiger partial charge on any atom is 0.148 e. The van der Waals surface area contributed by atoms with E-state index in [4.69, 9.17) is 4.74 Å². The molecule has 0 radical (unpaired) electrons. The molecule has 1 aromatic heterocycles. The van der Waals surface area contributed by atoms with Crippen molar-refractivity contribution >= 4 is 11.5 Å². The molecule has 0 atom stereocenters. The van der Waals surface area contributed by atoms with Crippen LogP contribution in [0, 0.1) is 11.3 Å². The summed E-state index contributed by atoms with van der Waals surface area (Å²) in [6.07, 6.45) is 3.12. The van der Waals surface area contributed by atoms with Gasteiger partial charge in [0.1, 0.15) is 17.6 Å². The number of methoxy groups -OCH3 is 1. The minimum absolute atomic E-state index is 0.580. The van der Waals surface area contributed by atoms with Crippen LogP contribution >= 0.6 is 0 Å². The minimum atomic E-state index is 0.580. The standard InChI is InChI=1S/C16H15N3O/c1-20-15-8-3-2-6-14(15)19-16-12(10-17)9-11-5-4-7-13(11)18-16/h2-3,6,8-9H,4-5,7H2,1H3,(H,18,19). The molecule has 1 aliphatic carbocycles. The highest BCUT2D eigenvalue weighted by molar-refractivity contribution is 5.68. The molecule has 0 saturated carbocycles. The van der Waals surface area contributed by atoms with Crippen molar-refractivity contribution in [3.63, 3.8) is 0 Å². The Balaban J connectivity index is 2.00. The molecule has 2 aromatic rings. The number of nitriles is 1. The van der Waals surface area contributed by atoms with Gasteiger partial charge in [-0.2, -0.15) is 5.26 Å². The molecule has 3 rings (SSSR count). The molecule has 4 nitrogen and oxygen atoms in total. The first-order valence-electron chi connectivity index (χ1n) is 6.65. The fraction of sp³-hybridized carbons (Fsp3) is 0.250. The van der Waals surface area contributed by atoms with E-state index in [1.165, 1.54) is 5.56 Å². The fourth-order valence-corrected chi connectivity index (χ4v) is 2.53. The lowest BCUT2D eigenvalue weighted by molar-refractivity contribution is 0.417. The lowest BCUT2D eigenvalue weighted by atomic mass is 10.1. The molecule has 1 aliphatic rings. The molecule has 0 unspecified atom stereocenters. The van der Waals surface area contributed by atoms with Crippen molar-refractivity contribution < 1.29 is 4.74 Å². The van der Waals surface area contributed by atoms with E-state index in [-0.39, 0.29) is 0 Å². The van der Waals surface area contributed by atoms with Gasteiger partial charge in [0.2, 0.25) is 0 Å². The quantitative estimate of drug-likeness (QED) is 0.925. The van der Waals surface area contributed by atoms with Gasteiger partial charge in [-0.1, -0.05) is 12.1 Å². The third-order valence-corrected chi connectivity index (χ3v) is 3.53. The van der Waals surface area contributed by atoms with Crippen LogP contribution in [-0.4, -0.2) is 12.1 Å². The predicted molar refractivity (Wildman–Crippen MR) is 77.3 cm³/mol. The van der Waals surface area contributed by atoms with E-state index in [1.54, 1.807) is 7.11 Å². The topological polar surface area (TPSA) is 57.9 Å². The molecule has 1 N–H and O–H groups in total. The Labute approximate surface area is 118 Å². The van der Waals surface area contributed by atoms with Crippen LogP contribution < -0.4 is 10.1 Å². The maximum absolute atomic E-state index is 9.29. The number of para-hydroxylation sites is 2. The van der Waals surface area contributed by atoms with E-state index in [1.807, 2.05) is 30.3 Å². The van der Waals surface area contributed by atoms with Crippen LogP contribution in [0.1, 0.15) is 23.2 Å². The molecule has 0 spiro atoms. The van der Waals surface area contributed by atoms with Crippen LogP contribution in [0.3, 0.4) is 0 Å². The van der Waals surface area contributed by atoms with Gasteiger partial charge in [0.25, 0.3) is 0 Å². The number of anilines is 2. The highest BCUT2D eigenvalue weighted by Crippen LogP contribution is 2.30. The first-order valence-corrected chi connectivity index (χ1v) is 6.65. The molecule has 20 heavy (non-hydrogen) atoms. The molecule has 0 saturated heterocycles. The number of aryl methyl sites for hydroxylation is 2. The van der Waals surface area contributed by atoms with Gasteiger partial charge < -0.3 is 10.1 Å². The van der Waals surface area contributed by atoms with Crippen molar-refractivity contribution in [1.29, 1.82) is 5.26 Å². The summed E-state index contributed by atoms with van der Waals surface area (Å²) in [4.78, 5) is 4.61. The summed E-state index contributed by atoms with van der Waals surface area (Å²) in [6, 6.07) is 11.8. The number of fused-ring (bicyclic) bond motifs is 1. The normalized spacial score (nSPS) is 12.6. The van der Waals surface area contributed by atoms with Crippen molar-refractivity contribution in [2.45, 2.75) is 19.3 Å². The van der Waals surface area contributed by atoms with Gasteiger partial charge in [0.15, 0.2) is 0 Å². The summed E-state index contributed by atoms with van der Waals surface area (Å²) in [7, 11) is 1.63. The first-order chi connectivity index (χ1) is 9.81. The number of nitrogens with zero attached hydrogens (tertiary/aromatic N) is 2. The summed E-state index contributed by atoms with van der Waals surface area (Å²) in [5.74, 6) is 1.34. The second-order valence-electron chi connectivity index (χ2n) is 4.78. The zero-order valence-electron chi connectivity index (χ0n) is 11.3. The number of rotatable bonds is 3. The third kappa shape index (κ3) is 2.19. The molecule has 0 fully saturated rings. The highest BCUT2D eigenvalue weighted by Gasteiger charge is 2.17. The van der Waals surface area contributed by atoms with Gasteiger partial charge >= 0.3 is 0 Å². The summed E-state index contributed by atoms with van der Waals surface area (Å²) in [5, 5.41) is 12.5. The number of hydrogen-bond donors (Lipinski definition) is 1. The zero-order valence-corrected chi connectivity index (χ0v) is 11.3. The smallest absolute Gasteiger partial charge is 0.148 e. The molecular weight excluding hydrogens is 250 g/mol. The summed E-state index contributed by atoms with van der Waals surface area (Å²) >= 11 is 0. The number of pyridine rings is 1. The van der Waals surface area contributed by atoms with Crippen LogP contribution in [-0.2, 0) is 12.8 Å². The van der Waals surface area contributed by atoms with E-state index in [2.05, 4.69) is 16.4 Å². The predicted octanol–water partition coefficient (Wildman–Crippen LogP) is 3.19. The molecule has 0 aliphatic heterocycles. The molecule has 4 heteroatoms. The SMILES string of the molecule is COc1ccccc1Nc1nc2c(cc1C#N)CCC2. The Morgan fingerprint density at radius 2 is 2.15 bits per heavy atom. The van der Waals surface area contributed by atoms with Crippen molar-refractivity contribution in [1.82, 2.24) is 4.98 Å². The number of aromatic nitrogens is 1. The Morgan fingerprint density at radius 1 is 1.30 bits per heavy atom. The Bertz CT molecular complexity index is 689. The molecule has 100 valence electrons. The largest absolute Gasteiger partial charge is 0.495 e. The van der Waals surface area contributed by atoms with Crippen molar-refractivity contribution in [3.05, 3.63) is 47.2 Å². The minimum Gasteiger partial charge on any atom is -0.495 e. The van der Waals surface area contributed by atoms with E-state index in [0.29, 0.717) is 11.4 Å². The zero-order chi connectivity index (χ0) is 13.9.